The second-order valence-corrected chi connectivity index (χ2v) is 7.14. The Balaban J connectivity index is 1.55. The maximum absolute atomic E-state index is 13.1. The number of benzene rings is 1. The number of nitrogens with one attached hydrogen (secondary N) is 1. The smallest absolute Gasteiger partial charge is 0.227 e. The molecule has 2 aromatic heterocycles. The highest BCUT2D eigenvalue weighted by atomic mass is 16.5. The van der Waals surface area contributed by atoms with E-state index in [0.29, 0.717) is 30.2 Å². The lowest BCUT2D eigenvalue weighted by atomic mass is 10.0. The molecule has 1 fully saturated rings. The third kappa shape index (κ3) is 3.70. The van der Waals surface area contributed by atoms with E-state index in [-0.39, 0.29) is 11.9 Å². The molecular weight excluding hydrogens is 372 g/mol. The molecule has 152 valence electrons. The van der Waals surface area contributed by atoms with E-state index in [2.05, 4.69) is 15.4 Å². The summed E-state index contributed by atoms with van der Waals surface area (Å²) in [7, 11) is 3.18. The van der Waals surface area contributed by atoms with Crippen molar-refractivity contribution in [2.75, 3.05) is 20.8 Å². The van der Waals surface area contributed by atoms with E-state index < -0.39 is 0 Å². The zero-order valence-electron chi connectivity index (χ0n) is 16.8. The molecule has 8 heteroatoms. The summed E-state index contributed by atoms with van der Waals surface area (Å²) in [5.41, 5.74) is 3.43. The molecule has 0 radical (unpaired) electrons. The first kappa shape index (κ1) is 19.0. The van der Waals surface area contributed by atoms with Crippen molar-refractivity contribution < 1.29 is 18.8 Å². The van der Waals surface area contributed by atoms with Crippen LogP contribution in [0.25, 0.3) is 11.3 Å². The Morgan fingerprint density at radius 2 is 2.10 bits per heavy atom. The van der Waals surface area contributed by atoms with E-state index >= 15 is 0 Å². The Bertz CT molecular complexity index is 1010. The molecule has 1 aliphatic heterocycles. The SMILES string of the molecule is COc1ccc(CC(=O)N2CCC[C@H]2c2[nH]ncc2-c2cc(C)no2)cc1OC. The zero-order chi connectivity index (χ0) is 20.4. The van der Waals surface area contributed by atoms with E-state index in [0.717, 1.165) is 35.4 Å². The predicted octanol–water partition coefficient (Wildman–Crippen LogP) is 3.30. The minimum Gasteiger partial charge on any atom is -0.493 e. The predicted molar refractivity (Wildman–Crippen MR) is 106 cm³/mol. The number of likely N-dealkylation sites (tertiary alicyclic amines) is 1. The molecule has 3 heterocycles. The number of hydrogen-bond donors (Lipinski definition) is 1. The summed E-state index contributed by atoms with van der Waals surface area (Å²) in [5, 5.41) is 11.2. The van der Waals surface area contributed by atoms with Gasteiger partial charge in [-0.1, -0.05) is 11.2 Å². The number of amides is 1. The second kappa shape index (κ2) is 7.98. The van der Waals surface area contributed by atoms with Gasteiger partial charge < -0.3 is 18.9 Å². The van der Waals surface area contributed by atoms with Gasteiger partial charge in [0.05, 0.1) is 49.8 Å². The lowest BCUT2D eigenvalue weighted by molar-refractivity contribution is -0.131. The summed E-state index contributed by atoms with van der Waals surface area (Å²) in [5.74, 6) is 1.99. The van der Waals surface area contributed by atoms with Crippen molar-refractivity contribution in [1.82, 2.24) is 20.3 Å². The highest BCUT2D eigenvalue weighted by Crippen LogP contribution is 2.37. The van der Waals surface area contributed by atoms with Crippen LogP contribution in [0.4, 0.5) is 0 Å². The van der Waals surface area contributed by atoms with Crippen molar-refractivity contribution in [1.29, 1.82) is 0 Å². The van der Waals surface area contributed by atoms with Gasteiger partial charge in [-0.3, -0.25) is 9.89 Å². The van der Waals surface area contributed by atoms with E-state index in [4.69, 9.17) is 14.0 Å². The number of rotatable bonds is 6. The van der Waals surface area contributed by atoms with Gasteiger partial charge in [0.25, 0.3) is 0 Å². The zero-order valence-corrected chi connectivity index (χ0v) is 16.8. The van der Waals surface area contributed by atoms with E-state index in [1.54, 1.807) is 20.4 Å². The molecule has 1 atom stereocenters. The third-order valence-corrected chi connectivity index (χ3v) is 5.27. The second-order valence-electron chi connectivity index (χ2n) is 7.14. The highest BCUT2D eigenvalue weighted by Gasteiger charge is 2.33. The minimum atomic E-state index is -0.0643. The molecule has 1 N–H and O–H groups in total. The number of aryl methyl sites for hydroxylation is 1. The minimum absolute atomic E-state index is 0.0639. The van der Waals surface area contributed by atoms with Gasteiger partial charge in [-0.15, -0.1) is 0 Å². The molecule has 0 aliphatic carbocycles. The largest absolute Gasteiger partial charge is 0.493 e. The number of aromatic nitrogens is 3. The van der Waals surface area contributed by atoms with E-state index in [1.165, 1.54) is 0 Å². The maximum Gasteiger partial charge on any atom is 0.227 e. The van der Waals surface area contributed by atoms with Gasteiger partial charge in [-0.05, 0) is 37.5 Å². The quantitative estimate of drug-likeness (QED) is 0.687. The Labute approximate surface area is 168 Å². The Morgan fingerprint density at radius 1 is 1.28 bits per heavy atom. The number of ether oxygens (including phenoxy) is 2. The fourth-order valence-corrected chi connectivity index (χ4v) is 3.87. The van der Waals surface area contributed by atoms with Crippen LogP contribution >= 0.6 is 0 Å². The van der Waals surface area contributed by atoms with Crippen LogP contribution in [-0.2, 0) is 11.2 Å². The summed E-state index contributed by atoms with van der Waals surface area (Å²) >= 11 is 0. The number of nitrogens with zero attached hydrogens (tertiary/aromatic N) is 3. The first-order valence-corrected chi connectivity index (χ1v) is 9.58. The topological polar surface area (TPSA) is 93.5 Å². The van der Waals surface area contributed by atoms with Gasteiger partial charge in [0.15, 0.2) is 17.3 Å². The Morgan fingerprint density at radius 3 is 2.83 bits per heavy atom. The Kier molecular flexibility index (Phi) is 5.24. The first-order valence-electron chi connectivity index (χ1n) is 9.58. The summed E-state index contributed by atoms with van der Waals surface area (Å²) in [6, 6.07) is 7.37. The molecule has 3 aromatic rings. The lowest BCUT2D eigenvalue weighted by Crippen LogP contribution is -2.32. The molecule has 1 aromatic carbocycles. The fraction of sp³-hybridized carbons (Fsp3) is 0.381. The van der Waals surface area contributed by atoms with Crippen LogP contribution in [-0.4, -0.2) is 46.9 Å². The van der Waals surface area contributed by atoms with Gasteiger partial charge in [-0.25, -0.2) is 0 Å². The van der Waals surface area contributed by atoms with Crippen molar-refractivity contribution in [3.63, 3.8) is 0 Å². The van der Waals surface area contributed by atoms with Crippen molar-refractivity contribution in [3.05, 3.63) is 47.4 Å². The summed E-state index contributed by atoms with van der Waals surface area (Å²) in [4.78, 5) is 15.0. The number of carbonyl (C=O) groups excluding carboxylic acids is 1. The van der Waals surface area contributed by atoms with Gasteiger partial charge >= 0.3 is 0 Å². The number of hydrogen-bond acceptors (Lipinski definition) is 6. The van der Waals surface area contributed by atoms with Crippen LogP contribution < -0.4 is 9.47 Å². The standard InChI is InChI=1S/C21H24N4O4/c1-13-9-18(29-24-13)15-12-22-23-21(15)16-5-4-8-25(16)20(26)11-14-6-7-17(27-2)19(10-14)28-3/h6-7,9-10,12,16H,4-5,8,11H2,1-3H3,(H,22,23)/t16-/m0/s1. The lowest BCUT2D eigenvalue weighted by Gasteiger charge is -2.24. The molecule has 0 bridgehead atoms. The molecular formula is C21H24N4O4. The molecule has 1 aliphatic rings. The first-order chi connectivity index (χ1) is 14.1. The molecule has 0 spiro atoms. The van der Waals surface area contributed by atoms with Crippen molar-refractivity contribution in [2.24, 2.45) is 0 Å². The summed E-state index contributed by atoms with van der Waals surface area (Å²) in [6.45, 7) is 2.59. The van der Waals surface area contributed by atoms with E-state index in [9.17, 15) is 4.79 Å². The summed E-state index contributed by atoms with van der Waals surface area (Å²) in [6.07, 6.45) is 3.84. The van der Waals surface area contributed by atoms with Crippen LogP contribution in [0.5, 0.6) is 11.5 Å². The molecule has 4 rings (SSSR count). The fourth-order valence-electron chi connectivity index (χ4n) is 3.87. The summed E-state index contributed by atoms with van der Waals surface area (Å²) < 4.78 is 16.0. The van der Waals surface area contributed by atoms with Crippen LogP contribution in [0.3, 0.4) is 0 Å². The maximum atomic E-state index is 13.1. The van der Waals surface area contributed by atoms with Gasteiger partial charge in [0.2, 0.25) is 5.91 Å². The van der Waals surface area contributed by atoms with Crippen LogP contribution in [0, 0.1) is 6.92 Å². The van der Waals surface area contributed by atoms with Crippen molar-refractivity contribution in [2.45, 2.75) is 32.2 Å². The third-order valence-electron chi connectivity index (χ3n) is 5.27. The molecule has 1 amide bonds. The van der Waals surface area contributed by atoms with E-state index in [1.807, 2.05) is 36.1 Å². The van der Waals surface area contributed by atoms with Crippen LogP contribution in [0.2, 0.25) is 0 Å². The van der Waals surface area contributed by atoms with Crippen molar-refractivity contribution >= 4 is 5.91 Å². The van der Waals surface area contributed by atoms with Crippen molar-refractivity contribution in [3.8, 4) is 22.8 Å². The number of H-pyrrole nitrogens is 1. The molecule has 0 saturated carbocycles. The number of aromatic amines is 1. The van der Waals surface area contributed by atoms with Crippen LogP contribution in [0.1, 0.15) is 35.8 Å². The highest BCUT2D eigenvalue weighted by molar-refractivity contribution is 5.80. The average Bonchev–Trinajstić information content (AvgIpc) is 3.47. The normalized spacial score (nSPS) is 16.2. The Hall–Kier alpha value is -3.29. The molecule has 1 saturated heterocycles. The van der Waals surface area contributed by atoms with Gasteiger partial charge in [0, 0.05) is 12.6 Å². The van der Waals surface area contributed by atoms with Crippen LogP contribution in [0.15, 0.2) is 35.0 Å². The number of methoxy groups -OCH3 is 2. The van der Waals surface area contributed by atoms with Gasteiger partial charge in [-0.2, -0.15) is 5.10 Å². The number of carbonyl (C=O) groups is 1. The van der Waals surface area contributed by atoms with Gasteiger partial charge in [0.1, 0.15) is 0 Å². The average molecular weight is 396 g/mol. The molecule has 0 unspecified atom stereocenters. The molecule has 8 nitrogen and oxygen atoms in total. The monoisotopic (exact) mass is 396 g/mol. The molecule has 29 heavy (non-hydrogen) atoms.